The van der Waals surface area contributed by atoms with E-state index in [4.69, 9.17) is 35.0 Å². The van der Waals surface area contributed by atoms with Crippen LogP contribution in [0.15, 0.2) is 144 Å². The van der Waals surface area contributed by atoms with E-state index in [-0.39, 0.29) is 36.0 Å². The molecule has 0 aromatic heterocycles. The lowest BCUT2D eigenvalue weighted by Crippen LogP contribution is -2.10. The lowest BCUT2D eigenvalue weighted by atomic mass is 10.1. The average Bonchev–Trinajstić information content (AvgIpc) is 3.32. The van der Waals surface area contributed by atoms with Crippen molar-refractivity contribution in [3.8, 4) is 29.1 Å². The molecular formula is C50H46N4O10. The first-order chi connectivity index (χ1) is 31.0. The zero-order valence-corrected chi connectivity index (χ0v) is 35.5. The molecule has 0 aliphatic carbocycles. The Morgan fingerprint density at radius 2 is 0.984 bits per heavy atom. The highest BCUT2D eigenvalue weighted by Gasteiger charge is 2.15. The van der Waals surface area contributed by atoms with Crippen molar-refractivity contribution in [3.63, 3.8) is 0 Å². The van der Waals surface area contributed by atoms with Crippen LogP contribution in [0.5, 0.6) is 23.0 Å². The molecule has 0 heterocycles. The summed E-state index contributed by atoms with van der Waals surface area (Å²) in [5.74, 6) is -0.830. The molecule has 0 unspecified atom stereocenters. The quantitative estimate of drug-likeness (QED) is 0.0102. The molecule has 4 aromatic carbocycles. The lowest BCUT2D eigenvalue weighted by Gasteiger charge is -2.07. The predicted octanol–water partition coefficient (Wildman–Crippen LogP) is 9.07. The summed E-state index contributed by atoms with van der Waals surface area (Å²) in [5.41, 5.74) is 3.45. The van der Waals surface area contributed by atoms with Crippen LogP contribution in [-0.2, 0) is 28.7 Å². The summed E-state index contributed by atoms with van der Waals surface area (Å²) in [6, 6.07) is 28.9. The van der Waals surface area contributed by atoms with Crippen molar-refractivity contribution in [2.75, 3.05) is 26.4 Å². The number of ether oxygens (including phenoxy) is 6. The molecule has 0 aliphatic rings. The van der Waals surface area contributed by atoms with Crippen LogP contribution in [0, 0.1) is 17.9 Å². The summed E-state index contributed by atoms with van der Waals surface area (Å²) in [6.45, 7) is 19.2. The van der Waals surface area contributed by atoms with Gasteiger partial charge >= 0.3 is 23.9 Å². The molecule has 4 aromatic rings. The van der Waals surface area contributed by atoms with Gasteiger partial charge in [0.05, 0.1) is 44.4 Å². The second-order valence-corrected chi connectivity index (χ2v) is 13.5. The van der Waals surface area contributed by atoms with Crippen LogP contribution in [-0.4, -0.2) is 61.7 Å². The number of carbonyl (C=O) groups excluding carboxylic acids is 4. The number of carbonyl (C=O) groups is 4. The van der Waals surface area contributed by atoms with Crippen molar-refractivity contribution in [3.05, 3.63) is 167 Å². The second-order valence-electron chi connectivity index (χ2n) is 13.5. The summed E-state index contributed by atoms with van der Waals surface area (Å²) >= 11 is 0. The number of hydrogen-bond acceptors (Lipinski definition) is 13. The zero-order chi connectivity index (χ0) is 46.1. The van der Waals surface area contributed by atoms with Gasteiger partial charge in [-0.3, -0.25) is 4.79 Å². The summed E-state index contributed by atoms with van der Waals surface area (Å²) in [4.78, 5) is 51.2. The van der Waals surface area contributed by atoms with Gasteiger partial charge in [0.15, 0.2) is 0 Å². The van der Waals surface area contributed by atoms with E-state index >= 15 is 0 Å². The van der Waals surface area contributed by atoms with Crippen LogP contribution in [0.2, 0.25) is 0 Å². The van der Waals surface area contributed by atoms with E-state index in [1.54, 1.807) is 111 Å². The van der Waals surface area contributed by atoms with Crippen molar-refractivity contribution in [2.45, 2.75) is 39.5 Å². The number of rotatable bonds is 23. The van der Waals surface area contributed by atoms with Gasteiger partial charge in [-0.1, -0.05) is 37.4 Å². The molecule has 0 saturated carbocycles. The monoisotopic (exact) mass is 862 g/mol. The molecule has 0 spiro atoms. The number of unbranched alkanes of at least 4 members (excludes halogenated alkanes) is 2. The third kappa shape index (κ3) is 16.6. The Morgan fingerprint density at radius 3 is 1.39 bits per heavy atom. The Balaban J connectivity index is 1.24. The van der Waals surface area contributed by atoms with Gasteiger partial charge in [0.25, 0.3) is 5.70 Å². The van der Waals surface area contributed by atoms with E-state index in [1.165, 1.54) is 12.2 Å². The smallest absolute Gasteiger partial charge is 0.354 e. The minimum absolute atomic E-state index is 0.188. The fourth-order valence-electron chi connectivity index (χ4n) is 5.29. The summed E-state index contributed by atoms with van der Waals surface area (Å²) in [6.07, 6.45) is 7.76. The third-order valence-electron chi connectivity index (χ3n) is 8.80. The van der Waals surface area contributed by atoms with E-state index in [0.29, 0.717) is 72.9 Å². The molecule has 0 bridgehead atoms. The van der Waals surface area contributed by atoms with E-state index in [0.717, 1.165) is 23.3 Å². The Labute approximate surface area is 371 Å². The van der Waals surface area contributed by atoms with E-state index in [1.807, 2.05) is 6.07 Å². The largest absolute Gasteiger partial charge is 0.494 e. The number of nitriles is 1. The highest BCUT2D eigenvalue weighted by Crippen LogP contribution is 2.21. The molecule has 0 fully saturated rings. The van der Waals surface area contributed by atoms with E-state index in [2.05, 4.69) is 28.2 Å². The molecule has 0 amide bonds. The van der Waals surface area contributed by atoms with Crippen molar-refractivity contribution >= 4 is 47.5 Å². The Morgan fingerprint density at radius 1 is 0.594 bits per heavy atom. The van der Waals surface area contributed by atoms with Gasteiger partial charge in [-0.25, -0.2) is 19.2 Å². The average molecular weight is 863 g/mol. The van der Waals surface area contributed by atoms with Crippen LogP contribution in [0.3, 0.4) is 0 Å². The molecule has 14 nitrogen and oxygen atoms in total. The normalized spacial score (nSPS) is 11.6. The molecule has 64 heavy (non-hydrogen) atoms. The molecule has 0 radical (unpaired) electrons. The minimum Gasteiger partial charge on any atom is -0.494 e. The minimum atomic E-state index is -0.813. The molecule has 14 heteroatoms. The van der Waals surface area contributed by atoms with E-state index < -0.39 is 23.9 Å². The number of hydrogen-bond donors (Lipinski definition) is 0. The molecule has 0 saturated heterocycles. The van der Waals surface area contributed by atoms with Crippen LogP contribution in [0.4, 0.5) is 0 Å². The summed E-state index contributed by atoms with van der Waals surface area (Å²) in [5, 5.41) is 18.3. The molecule has 4 rings (SSSR count). The van der Waals surface area contributed by atoms with Crippen molar-refractivity contribution < 1.29 is 47.6 Å². The van der Waals surface area contributed by atoms with Gasteiger partial charge in [0.1, 0.15) is 34.6 Å². The van der Waals surface area contributed by atoms with Gasteiger partial charge in [-0.2, -0.15) is 15.5 Å². The second kappa shape index (κ2) is 26.1. The first kappa shape index (κ1) is 48.3. The van der Waals surface area contributed by atoms with Gasteiger partial charge < -0.3 is 28.4 Å². The maximum Gasteiger partial charge on any atom is 0.354 e. The van der Waals surface area contributed by atoms with Crippen LogP contribution in [0.25, 0.3) is 17.0 Å². The van der Waals surface area contributed by atoms with Gasteiger partial charge in [-0.05, 0) is 147 Å². The van der Waals surface area contributed by atoms with Crippen molar-refractivity contribution in [1.82, 2.24) is 0 Å². The van der Waals surface area contributed by atoms with Crippen LogP contribution >= 0.6 is 0 Å². The maximum absolute atomic E-state index is 12.8. The van der Waals surface area contributed by atoms with Crippen LogP contribution < -0.4 is 18.9 Å². The molecule has 0 N–H and O–H groups in total. The standard InChI is InChI=1S/C50H46N4O10/c1-6-47(55)61-30-10-8-28-59-42-20-12-37(13-21-42)32-41(34-51)49(57)63-44-24-16-39(17-25-44)35(3)53-54-36(4)40-18-26-45(27-19-40)64-50(58)46(52-5)33-38-14-22-43(23-15-38)60-29-9-11-31-62-48(56)7-2/h6-7,12-27,32-33H,1-2,8-11,28-31H2,3-4H3/b41-32+,46-33-,53-35+,54-36+. The van der Waals surface area contributed by atoms with Crippen LogP contribution in [0.1, 0.15) is 61.8 Å². The first-order valence-electron chi connectivity index (χ1n) is 20.0. The fraction of sp³-hybridized carbons (Fsp3) is 0.200. The highest BCUT2D eigenvalue weighted by molar-refractivity contribution is 6.02. The molecule has 0 aliphatic heterocycles. The van der Waals surface area contributed by atoms with Crippen molar-refractivity contribution in [1.29, 1.82) is 5.26 Å². The van der Waals surface area contributed by atoms with E-state index in [9.17, 15) is 24.4 Å². The first-order valence-corrected chi connectivity index (χ1v) is 20.0. The molecular weight excluding hydrogens is 817 g/mol. The molecule has 326 valence electrons. The van der Waals surface area contributed by atoms with Gasteiger partial charge in [0, 0.05) is 12.2 Å². The van der Waals surface area contributed by atoms with Crippen molar-refractivity contribution in [2.24, 2.45) is 10.2 Å². The van der Waals surface area contributed by atoms with Gasteiger partial charge in [-0.15, -0.1) is 0 Å². The Bertz CT molecular complexity index is 2300. The summed E-state index contributed by atoms with van der Waals surface area (Å²) in [7, 11) is 0. The third-order valence-corrected chi connectivity index (χ3v) is 8.80. The number of benzene rings is 4. The number of esters is 4. The SMILES string of the molecule is [C-]#[N+]/C(=C\c1ccc(OCCCCOC(=O)C=C)cc1)C(=O)Oc1ccc(/C(C)=N/N=C(\C)c2ccc(OC(=O)/C(C#N)=C/c3ccc(OCCCCOC(=O)C=C)cc3)cc2)cc1. The lowest BCUT2D eigenvalue weighted by molar-refractivity contribution is -0.138. The summed E-state index contributed by atoms with van der Waals surface area (Å²) < 4.78 is 32.2. The number of nitrogens with zero attached hydrogens (tertiary/aromatic N) is 4. The Hall–Kier alpha value is -8.36. The fourth-order valence-corrected chi connectivity index (χ4v) is 5.29. The topological polar surface area (TPSA) is 177 Å². The zero-order valence-electron chi connectivity index (χ0n) is 35.5. The Kier molecular flexibility index (Phi) is 19.7. The maximum atomic E-state index is 12.8. The molecule has 0 atom stereocenters. The predicted molar refractivity (Wildman–Crippen MR) is 241 cm³/mol. The highest BCUT2D eigenvalue weighted by atomic mass is 16.5. The van der Waals surface area contributed by atoms with Gasteiger partial charge in [0.2, 0.25) is 0 Å².